The lowest BCUT2D eigenvalue weighted by molar-refractivity contribution is -0.141. The predicted molar refractivity (Wildman–Crippen MR) is 97.0 cm³/mol. The van der Waals surface area contributed by atoms with Crippen molar-refractivity contribution in [2.24, 2.45) is 5.73 Å². The van der Waals surface area contributed by atoms with Crippen molar-refractivity contribution in [1.29, 1.82) is 0 Å². The van der Waals surface area contributed by atoms with Crippen LogP contribution < -0.4 is 10.6 Å². The number of aliphatic hydroxyl groups is 1. The smallest absolute Gasteiger partial charge is 0.264 e. The number of rotatable bonds is 6. The third kappa shape index (κ3) is 3.27. The van der Waals surface area contributed by atoms with E-state index < -0.39 is 29.6 Å². The normalized spacial score (nSPS) is 19.0. The van der Waals surface area contributed by atoms with Crippen LogP contribution in [-0.4, -0.2) is 29.2 Å². The number of nitrogens with zero attached hydrogens (tertiary/aromatic N) is 1. The lowest BCUT2D eigenvalue weighted by atomic mass is 9.89. The number of amides is 2. The van der Waals surface area contributed by atoms with Crippen LogP contribution in [0.25, 0.3) is 6.08 Å². The Morgan fingerprint density at radius 1 is 1.08 bits per heavy atom. The molecule has 0 saturated heterocycles. The van der Waals surface area contributed by atoms with Gasteiger partial charge in [0.2, 0.25) is 5.91 Å². The number of benzene rings is 2. The molecule has 1 aliphatic rings. The van der Waals surface area contributed by atoms with Gasteiger partial charge in [0, 0.05) is 5.56 Å². The van der Waals surface area contributed by atoms with E-state index >= 15 is 0 Å². The standard InChI is InChI=1S/C20H18N2O4/c21-18(24)13-22-17-9-5-4-8-16(17)20(26,19(22)25)12-15(23)11-10-14-6-2-1-3-7-14/h1-11,26H,12-13H2,(H2,21,24)/t20-/m0/s1. The molecule has 0 radical (unpaired) electrons. The molecular formula is C20H18N2O4. The highest BCUT2D eigenvalue weighted by atomic mass is 16.3. The SMILES string of the molecule is NC(=O)CN1C(=O)[C@](O)(CC(=O)C=Cc2ccccc2)c2ccccc21. The van der Waals surface area contributed by atoms with Gasteiger partial charge in [0.05, 0.1) is 12.1 Å². The average Bonchev–Trinajstić information content (AvgIpc) is 2.83. The molecule has 3 rings (SSSR count). The second-order valence-corrected chi connectivity index (χ2v) is 6.12. The second-order valence-electron chi connectivity index (χ2n) is 6.12. The van der Waals surface area contributed by atoms with E-state index in [0.717, 1.165) is 10.5 Å². The van der Waals surface area contributed by atoms with Gasteiger partial charge in [-0.2, -0.15) is 0 Å². The number of carbonyl (C=O) groups excluding carboxylic acids is 3. The summed E-state index contributed by atoms with van der Waals surface area (Å²) in [4.78, 5) is 37.5. The first-order valence-electron chi connectivity index (χ1n) is 8.10. The van der Waals surface area contributed by atoms with Crippen LogP contribution >= 0.6 is 0 Å². The Labute approximate surface area is 150 Å². The summed E-state index contributed by atoms with van der Waals surface area (Å²) >= 11 is 0. The highest BCUT2D eigenvalue weighted by Gasteiger charge is 2.50. The molecule has 0 aliphatic carbocycles. The number of hydrogen-bond acceptors (Lipinski definition) is 4. The van der Waals surface area contributed by atoms with E-state index in [2.05, 4.69) is 0 Å². The van der Waals surface area contributed by atoms with Crippen LogP contribution in [0.4, 0.5) is 5.69 Å². The molecule has 2 amide bonds. The van der Waals surface area contributed by atoms with Crippen LogP contribution in [0, 0.1) is 0 Å². The number of primary amides is 1. The van der Waals surface area contributed by atoms with Crippen molar-refractivity contribution in [3.05, 3.63) is 71.8 Å². The third-order valence-corrected chi connectivity index (χ3v) is 4.24. The Balaban J connectivity index is 1.86. The van der Waals surface area contributed by atoms with Crippen LogP contribution in [0.15, 0.2) is 60.7 Å². The quantitative estimate of drug-likeness (QED) is 0.769. The molecule has 0 saturated carbocycles. The Morgan fingerprint density at radius 3 is 2.42 bits per heavy atom. The first kappa shape index (κ1) is 17.6. The van der Waals surface area contributed by atoms with Crippen LogP contribution in [0.2, 0.25) is 0 Å². The largest absolute Gasteiger partial charge is 0.375 e. The summed E-state index contributed by atoms with van der Waals surface area (Å²) in [5, 5.41) is 11.0. The van der Waals surface area contributed by atoms with Gasteiger partial charge in [-0.3, -0.25) is 19.3 Å². The molecule has 1 atom stereocenters. The van der Waals surface area contributed by atoms with Gasteiger partial charge < -0.3 is 10.8 Å². The first-order chi connectivity index (χ1) is 12.4. The monoisotopic (exact) mass is 350 g/mol. The second kappa shape index (κ2) is 6.93. The fourth-order valence-electron chi connectivity index (χ4n) is 3.05. The molecule has 0 bridgehead atoms. The number of ketones is 1. The molecule has 0 aromatic heterocycles. The van der Waals surface area contributed by atoms with Crippen LogP contribution in [0.3, 0.4) is 0 Å². The highest BCUT2D eigenvalue weighted by molar-refractivity contribution is 6.12. The molecule has 26 heavy (non-hydrogen) atoms. The topological polar surface area (TPSA) is 101 Å². The van der Waals surface area contributed by atoms with Crippen molar-refractivity contribution in [1.82, 2.24) is 0 Å². The summed E-state index contributed by atoms with van der Waals surface area (Å²) in [6, 6.07) is 15.8. The summed E-state index contributed by atoms with van der Waals surface area (Å²) in [7, 11) is 0. The molecule has 0 fully saturated rings. The molecule has 1 aliphatic heterocycles. The Hall–Kier alpha value is -3.25. The van der Waals surface area contributed by atoms with E-state index in [1.54, 1.807) is 30.3 Å². The lowest BCUT2D eigenvalue weighted by Gasteiger charge is -2.21. The summed E-state index contributed by atoms with van der Waals surface area (Å²) in [6.07, 6.45) is 2.54. The number of para-hydroxylation sites is 1. The minimum Gasteiger partial charge on any atom is -0.375 e. The molecule has 3 N–H and O–H groups in total. The summed E-state index contributed by atoms with van der Waals surface area (Å²) < 4.78 is 0. The molecular weight excluding hydrogens is 332 g/mol. The molecule has 2 aromatic carbocycles. The zero-order valence-electron chi connectivity index (χ0n) is 14.0. The van der Waals surface area contributed by atoms with Crippen LogP contribution in [0.5, 0.6) is 0 Å². The van der Waals surface area contributed by atoms with Gasteiger partial charge in [-0.25, -0.2) is 0 Å². The Kier molecular flexibility index (Phi) is 4.69. The Morgan fingerprint density at radius 2 is 1.73 bits per heavy atom. The molecule has 0 unspecified atom stereocenters. The van der Waals surface area contributed by atoms with Crippen molar-refractivity contribution >= 4 is 29.4 Å². The average molecular weight is 350 g/mol. The van der Waals surface area contributed by atoms with Crippen LogP contribution in [-0.2, 0) is 20.0 Å². The maximum atomic E-state index is 12.7. The zero-order chi connectivity index (χ0) is 18.7. The fraction of sp³-hybridized carbons (Fsp3) is 0.150. The fourth-order valence-corrected chi connectivity index (χ4v) is 3.05. The number of anilines is 1. The maximum Gasteiger partial charge on any atom is 0.264 e. The van der Waals surface area contributed by atoms with Gasteiger partial charge >= 0.3 is 0 Å². The zero-order valence-corrected chi connectivity index (χ0v) is 14.0. The molecule has 6 heteroatoms. The van der Waals surface area contributed by atoms with Gasteiger partial charge in [0.1, 0.15) is 6.54 Å². The molecule has 132 valence electrons. The van der Waals surface area contributed by atoms with Crippen molar-refractivity contribution in [3.63, 3.8) is 0 Å². The highest BCUT2D eigenvalue weighted by Crippen LogP contribution is 2.42. The number of carbonyl (C=O) groups is 3. The summed E-state index contributed by atoms with van der Waals surface area (Å²) in [5.41, 5.74) is 4.71. The van der Waals surface area contributed by atoms with E-state index in [1.165, 1.54) is 6.08 Å². The molecule has 1 heterocycles. The van der Waals surface area contributed by atoms with Crippen molar-refractivity contribution in [2.75, 3.05) is 11.4 Å². The van der Waals surface area contributed by atoms with E-state index in [-0.39, 0.29) is 6.54 Å². The van der Waals surface area contributed by atoms with E-state index in [9.17, 15) is 19.5 Å². The number of nitrogens with two attached hydrogens (primary N) is 1. The number of fused-ring (bicyclic) bond motifs is 1. The van der Waals surface area contributed by atoms with Gasteiger partial charge in [0.15, 0.2) is 11.4 Å². The van der Waals surface area contributed by atoms with Crippen LogP contribution in [0.1, 0.15) is 17.5 Å². The van der Waals surface area contributed by atoms with Crippen molar-refractivity contribution in [3.8, 4) is 0 Å². The van der Waals surface area contributed by atoms with Crippen molar-refractivity contribution < 1.29 is 19.5 Å². The molecule has 6 nitrogen and oxygen atoms in total. The van der Waals surface area contributed by atoms with E-state index in [0.29, 0.717) is 11.3 Å². The number of hydrogen-bond donors (Lipinski definition) is 2. The van der Waals surface area contributed by atoms with Gasteiger partial charge in [-0.05, 0) is 17.7 Å². The van der Waals surface area contributed by atoms with E-state index in [1.807, 2.05) is 30.3 Å². The van der Waals surface area contributed by atoms with Gasteiger partial charge in [-0.15, -0.1) is 0 Å². The minimum atomic E-state index is -2.01. The van der Waals surface area contributed by atoms with Gasteiger partial charge in [0.25, 0.3) is 5.91 Å². The Bertz CT molecular complexity index is 892. The van der Waals surface area contributed by atoms with Crippen molar-refractivity contribution in [2.45, 2.75) is 12.0 Å². The molecule has 0 spiro atoms. The summed E-state index contributed by atoms with van der Waals surface area (Å²) in [6.45, 7) is -0.355. The first-order valence-corrected chi connectivity index (χ1v) is 8.10. The van der Waals surface area contributed by atoms with E-state index in [4.69, 9.17) is 5.73 Å². The predicted octanol–water partition coefficient (Wildman–Crippen LogP) is 1.38. The maximum absolute atomic E-state index is 12.7. The molecule has 2 aromatic rings. The summed E-state index contributed by atoms with van der Waals surface area (Å²) in [5.74, 6) is -1.83. The minimum absolute atomic E-state index is 0.299. The number of allylic oxidation sites excluding steroid dienone is 1. The third-order valence-electron chi connectivity index (χ3n) is 4.24. The lowest BCUT2D eigenvalue weighted by Crippen LogP contribution is -2.44. The van der Waals surface area contributed by atoms with Gasteiger partial charge in [-0.1, -0.05) is 54.6 Å².